The van der Waals surface area contributed by atoms with E-state index >= 15 is 0 Å². The van der Waals surface area contributed by atoms with E-state index in [-0.39, 0.29) is 0 Å². The maximum atomic E-state index is 6.20. The summed E-state index contributed by atoms with van der Waals surface area (Å²) in [6.07, 6.45) is 0. The second-order valence-corrected chi connectivity index (χ2v) is 5.17. The van der Waals surface area contributed by atoms with Crippen LogP contribution in [0.5, 0.6) is 0 Å². The van der Waals surface area contributed by atoms with Crippen LogP contribution in [0.25, 0.3) is 22.6 Å². The fraction of sp³-hybridized carbons (Fsp3) is 0.143. The average Bonchev–Trinajstić information content (AvgIpc) is 2.80. The van der Waals surface area contributed by atoms with Gasteiger partial charge >= 0.3 is 0 Å². The monoisotopic (exact) mass is 287 g/mol. The number of nitrogens with one attached hydrogen (secondary N) is 1. The molecule has 0 aliphatic rings. The molecule has 0 spiro atoms. The number of nitrogen functional groups attached to an aromatic ring is 1. The van der Waals surface area contributed by atoms with Crippen molar-refractivity contribution in [1.29, 1.82) is 0 Å². The summed E-state index contributed by atoms with van der Waals surface area (Å²) in [5.41, 5.74) is 8.68. The summed E-state index contributed by atoms with van der Waals surface area (Å²) in [5.74, 6) is 1.55. The number of anilines is 2. The summed E-state index contributed by atoms with van der Waals surface area (Å²) in [6, 6.07) is 9.26. The molecule has 0 aliphatic heterocycles. The van der Waals surface area contributed by atoms with Gasteiger partial charge in [-0.2, -0.15) is 0 Å². The van der Waals surface area contributed by atoms with Crippen molar-refractivity contribution in [2.45, 2.75) is 0 Å². The molecular weight excluding hydrogens is 274 g/mol. The van der Waals surface area contributed by atoms with E-state index in [0.717, 1.165) is 16.9 Å². The van der Waals surface area contributed by atoms with Crippen LogP contribution in [0.1, 0.15) is 0 Å². The van der Waals surface area contributed by atoms with Gasteiger partial charge in [-0.25, -0.2) is 9.97 Å². The van der Waals surface area contributed by atoms with Crippen molar-refractivity contribution in [2.24, 2.45) is 0 Å². The summed E-state index contributed by atoms with van der Waals surface area (Å²) in [4.78, 5) is 14.1. The molecule has 0 saturated carbocycles. The third-order valence-electron chi connectivity index (χ3n) is 3.04. The largest absolute Gasteiger partial charge is 0.399 e. The van der Waals surface area contributed by atoms with Crippen molar-refractivity contribution >= 4 is 34.3 Å². The number of fused-ring (bicyclic) bond motifs is 1. The van der Waals surface area contributed by atoms with Crippen molar-refractivity contribution in [3.05, 3.63) is 35.4 Å². The third-order valence-corrected chi connectivity index (χ3v) is 3.35. The van der Waals surface area contributed by atoms with Gasteiger partial charge in [0.05, 0.1) is 10.5 Å². The second-order valence-electron chi connectivity index (χ2n) is 4.76. The fourth-order valence-corrected chi connectivity index (χ4v) is 2.26. The number of H-pyrrole nitrogens is 1. The molecular formula is C14H14ClN5. The summed E-state index contributed by atoms with van der Waals surface area (Å²) in [6.45, 7) is 0. The number of nitrogens with zero attached hydrogens (tertiary/aromatic N) is 3. The molecule has 0 saturated heterocycles. The molecule has 20 heavy (non-hydrogen) atoms. The van der Waals surface area contributed by atoms with E-state index in [1.807, 2.05) is 37.2 Å². The highest BCUT2D eigenvalue weighted by molar-refractivity contribution is 6.33. The first kappa shape index (κ1) is 12.7. The van der Waals surface area contributed by atoms with Crippen molar-refractivity contribution in [1.82, 2.24) is 15.0 Å². The molecule has 0 bridgehead atoms. The summed E-state index contributed by atoms with van der Waals surface area (Å²) in [5, 5.41) is 0.567. The average molecular weight is 288 g/mol. The first-order chi connectivity index (χ1) is 9.54. The van der Waals surface area contributed by atoms with E-state index < -0.39 is 0 Å². The molecule has 0 aliphatic carbocycles. The fourth-order valence-electron chi connectivity index (χ4n) is 1.98. The number of aromatic nitrogens is 3. The molecule has 0 amide bonds. The summed E-state index contributed by atoms with van der Waals surface area (Å²) >= 11 is 6.20. The molecule has 0 fully saturated rings. The highest BCUT2D eigenvalue weighted by Gasteiger charge is 2.11. The molecule has 2 heterocycles. The molecule has 0 radical (unpaired) electrons. The lowest BCUT2D eigenvalue weighted by atomic mass is 10.2. The maximum Gasteiger partial charge on any atom is 0.180 e. The van der Waals surface area contributed by atoms with E-state index in [1.165, 1.54) is 0 Å². The zero-order valence-electron chi connectivity index (χ0n) is 11.2. The standard InChI is InChI=1S/C14H14ClN5/c1-20(2)12-6-5-11-14(18-12)19-13(17-11)9-4-3-8(16)7-10(9)15/h3-7H,16H2,1-2H3,(H,17,18,19). The van der Waals surface area contributed by atoms with Gasteiger partial charge in [-0.15, -0.1) is 0 Å². The molecule has 5 nitrogen and oxygen atoms in total. The van der Waals surface area contributed by atoms with Crippen molar-refractivity contribution < 1.29 is 0 Å². The summed E-state index contributed by atoms with van der Waals surface area (Å²) in [7, 11) is 3.89. The molecule has 6 heteroatoms. The Kier molecular flexibility index (Phi) is 2.99. The zero-order valence-corrected chi connectivity index (χ0v) is 11.9. The minimum Gasteiger partial charge on any atom is -0.399 e. The van der Waals surface area contributed by atoms with Crippen molar-refractivity contribution in [3.63, 3.8) is 0 Å². The van der Waals surface area contributed by atoms with Gasteiger partial charge in [-0.05, 0) is 30.3 Å². The number of hydrogen-bond acceptors (Lipinski definition) is 4. The van der Waals surface area contributed by atoms with Crippen LogP contribution in [-0.4, -0.2) is 29.0 Å². The van der Waals surface area contributed by atoms with E-state index in [9.17, 15) is 0 Å². The second kappa shape index (κ2) is 4.68. The lowest BCUT2D eigenvalue weighted by molar-refractivity contribution is 1.08. The Bertz CT molecular complexity index is 778. The normalized spacial score (nSPS) is 10.9. The van der Waals surface area contributed by atoms with E-state index in [4.69, 9.17) is 17.3 Å². The smallest absolute Gasteiger partial charge is 0.180 e. The number of halogens is 1. The Morgan fingerprint density at radius 3 is 2.65 bits per heavy atom. The van der Waals surface area contributed by atoms with E-state index in [2.05, 4.69) is 15.0 Å². The molecule has 3 N–H and O–H groups in total. The van der Waals surface area contributed by atoms with Crippen molar-refractivity contribution in [3.8, 4) is 11.4 Å². The Labute approximate surface area is 121 Å². The number of hydrogen-bond donors (Lipinski definition) is 2. The highest BCUT2D eigenvalue weighted by Crippen LogP contribution is 2.29. The van der Waals surface area contributed by atoms with Crippen LogP contribution in [0.2, 0.25) is 5.02 Å². The minimum atomic E-state index is 0.567. The molecule has 1 aromatic carbocycles. The third kappa shape index (κ3) is 2.16. The van der Waals surface area contributed by atoms with Gasteiger partial charge in [0.25, 0.3) is 0 Å². The van der Waals surface area contributed by atoms with Crippen LogP contribution in [0.3, 0.4) is 0 Å². The molecule has 3 aromatic rings. The van der Waals surface area contributed by atoms with Gasteiger partial charge in [0.2, 0.25) is 0 Å². The van der Waals surface area contributed by atoms with Gasteiger partial charge in [0.1, 0.15) is 11.6 Å². The summed E-state index contributed by atoms with van der Waals surface area (Å²) < 4.78 is 0. The Morgan fingerprint density at radius 1 is 1.15 bits per heavy atom. The lowest BCUT2D eigenvalue weighted by Crippen LogP contribution is -2.10. The highest BCUT2D eigenvalue weighted by atomic mass is 35.5. The van der Waals surface area contributed by atoms with E-state index in [0.29, 0.717) is 22.2 Å². The van der Waals surface area contributed by atoms with Crippen LogP contribution < -0.4 is 10.6 Å². The van der Waals surface area contributed by atoms with E-state index in [1.54, 1.807) is 12.1 Å². The predicted octanol–water partition coefficient (Wildman–Crippen LogP) is 2.93. The SMILES string of the molecule is CN(C)c1ccc2[nH]c(-c3ccc(N)cc3Cl)nc2n1. The Hall–Kier alpha value is -2.27. The van der Waals surface area contributed by atoms with Crippen LogP contribution in [0, 0.1) is 0 Å². The first-order valence-corrected chi connectivity index (χ1v) is 6.52. The Balaban J connectivity index is 2.13. The van der Waals surface area contributed by atoms with Gasteiger partial charge < -0.3 is 15.6 Å². The van der Waals surface area contributed by atoms with Crippen LogP contribution in [0.4, 0.5) is 11.5 Å². The number of aromatic amines is 1. The number of benzene rings is 1. The van der Waals surface area contributed by atoms with Gasteiger partial charge in [-0.1, -0.05) is 11.6 Å². The lowest BCUT2D eigenvalue weighted by Gasteiger charge is -2.09. The number of imidazole rings is 1. The van der Waals surface area contributed by atoms with Crippen LogP contribution in [-0.2, 0) is 0 Å². The molecule has 102 valence electrons. The number of rotatable bonds is 2. The first-order valence-electron chi connectivity index (χ1n) is 6.14. The van der Waals surface area contributed by atoms with Crippen LogP contribution >= 0.6 is 11.6 Å². The zero-order chi connectivity index (χ0) is 14.3. The molecule has 0 unspecified atom stereocenters. The number of pyridine rings is 1. The number of nitrogens with two attached hydrogens (primary N) is 1. The predicted molar refractivity (Wildman–Crippen MR) is 83.1 cm³/mol. The van der Waals surface area contributed by atoms with Crippen LogP contribution in [0.15, 0.2) is 30.3 Å². The minimum absolute atomic E-state index is 0.567. The molecule has 0 atom stereocenters. The topological polar surface area (TPSA) is 70.8 Å². The quantitative estimate of drug-likeness (QED) is 0.711. The Morgan fingerprint density at radius 2 is 1.95 bits per heavy atom. The van der Waals surface area contributed by atoms with Gasteiger partial charge in [-0.3, -0.25) is 0 Å². The van der Waals surface area contributed by atoms with Gasteiger partial charge in [0.15, 0.2) is 5.65 Å². The molecule has 2 aromatic heterocycles. The maximum absolute atomic E-state index is 6.20. The van der Waals surface area contributed by atoms with Gasteiger partial charge in [0, 0.05) is 25.3 Å². The molecule has 3 rings (SSSR count). The van der Waals surface area contributed by atoms with Crippen molar-refractivity contribution in [2.75, 3.05) is 24.7 Å².